The van der Waals surface area contributed by atoms with Gasteiger partial charge in [0.25, 0.3) is 5.91 Å². The molecule has 0 saturated carbocycles. The van der Waals surface area contributed by atoms with Crippen LogP contribution in [-0.2, 0) is 13.1 Å². The maximum absolute atomic E-state index is 12.4. The molecule has 0 radical (unpaired) electrons. The lowest BCUT2D eigenvalue weighted by Crippen LogP contribution is -2.17. The number of aryl methyl sites for hydroxylation is 1. The van der Waals surface area contributed by atoms with Crippen LogP contribution in [0, 0.1) is 0 Å². The highest BCUT2D eigenvalue weighted by Gasteiger charge is 2.12. The van der Waals surface area contributed by atoms with Gasteiger partial charge in [-0.15, -0.1) is 0 Å². The SMILES string of the molecule is CCn1nccc1C(=O)Nc1cnn(Cc2cccc3ccccc23)c1. The van der Waals surface area contributed by atoms with E-state index in [1.54, 1.807) is 23.1 Å². The van der Waals surface area contributed by atoms with Gasteiger partial charge in [0.15, 0.2) is 0 Å². The number of anilines is 1. The molecule has 0 aliphatic rings. The molecule has 0 aliphatic carbocycles. The summed E-state index contributed by atoms with van der Waals surface area (Å²) in [6.07, 6.45) is 5.13. The van der Waals surface area contributed by atoms with Crippen molar-refractivity contribution >= 4 is 22.4 Å². The Balaban J connectivity index is 1.52. The normalized spacial score (nSPS) is 11.0. The van der Waals surface area contributed by atoms with Crippen LogP contribution in [0.15, 0.2) is 67.1 Å². The number of amides is 1. The summed E-state index contributed by atoms with van der Waals surface area (Å²) in [5.41, 5.74) is 2.39. The molecule has 2 aromatic carbocycles. The van der Waals surface area contributed by atoms with Crippen molar-refractivity contribution in [3.63, 3.8) is 0 Å². The highest BCUT2D eigenvalue weighted by atomic mass is 16.2. The summed E-state index contributed by atoms with van der Waals surface area (Å²) < 4.78 is 3.49. The van der Waals surface area contributed by atoms with E-state index in [0.29, 0.717) is 24.5 Å². The van der Waals surface area contributed by atoms with E-state index in [1.165, 1.54) is 16.3 Å². The van der Waals surface area contributed by atoms with Gasteiger partial charge in [-0.2, -0.15) is 10.2 Å². The Morgan fingerprint density at radius 2 is 1.92 bits per heavy atom. The van der Waals surface area contributed by atoms with Crippen LogP contribution in [0.2, 0.25) is 0 Å². The van der Waals surface area contributed by atoms with Crippen molar-refractivity contribution in [3.8, 4) is 0 Å². The minimum atomic E-state index is -0.186. The highest BCUT2D eigenvalue weighted by molar-refractivity contribution is 6.02. The van der Waals surface area contributed by atoms with E-state index in [0.717, 1.165) is 0 Å². The minimum Gasteiger partial charge on any atom is -0.318 e. The topological polar surface area (TPSA) is 64.7 Å². The van der Waals surface area contributed by atoms with E-state index < -0.39 is 0 Å². The Morgan fingerprint density at radius 3 is 2.81 bits per heavy atom. The van der Waals surface area contributed by atoms with Crippen molar-refractivity contribution in [2.45, 2.75) is 20.0 Å². The van der Waals surface area contributed by atoms with Crippen LogP contribution in [0.3, 0.4) is 0 Å². The summed E-state index contributed by atoms with van der Waals surface area (Å²) in [7, 11) is 0. The smallest absolute Gasteiger partial charge is 0.274 e. The molecular weight excluding hydrogens is 326 g/mol. The lowest BCUT2D eigenvalue weighted by atomic mass is 10.0. The van der Waals surface area contributed by atoms with E-state index in [9.17, 15) is 4.79 Å². The van der Waals surface area contributed by atoms with Gasteiger partial charge in [-0.1, -0.05) is 42.5 Å². The van der Waals surface area contributed by atoms with Crippen molar-refractivity contribution in [1.29, 1.82) is 0 Å². The number of carbonyl (C=O) groups excluding carboxylic acids is 1. The Morgan fingerprint density at radius 1 is 1.08 bits per heavy atom. The van der Waals surface area contributed by atoms with Gasteiger partial charge in [0.2, 0.25) is 0 Å². The molecule has 6 nitrogen and oxygen atoms in total. The molecule has 6 heteroatoms. The third-order valence-electron chi connectivity index (χ3n) is 4.35. The number of benzene rings is 2. The second-order valence-corrected chi connectivity index (χ2v) is 6.05. The summed E-state index contributed by atoms with van der Waals surface area (Å²) in [6, 6.07) is 16.3. The van der Waals surface area contributed by atoms with Crippen molar-refractivity contribution < 1.29 is 4.79 Å². The quantitative estimate of drug-likeness (QED) is 0.601. The van der Waals surface area contributed by atoms with Gasteiger partial charge in [-0.25, -0.2) is 0 Å². The van der Waals surface area contributed by atoms with Gasteiger partial charge >= 0.3 is 0 Å². The van der Waals surface area contributed by atoms with Gasteiger partial charge < -0.3 is 5.32 Å². The van der Waals surface area contributed by atoms with Crippen LogP contribution in [0.5, 0.6) is 0 Å². The lowest BCUT2D eigenvalue weighted by molar-refractivity contribution is 0.101. The molecule has 4 aromatic rings. The monoisotopic (exact) mass is 345 g/mol. The number of aromatic nitrogens is 4. The van der Waals surface area contributed by atoms with Gasteiger partial charge in [0.05, 0.1) is 18.4 Å². The molecule has 26 heavy (non-hydrogen) atoms. The van der Waals surface area contributed by atoms with Gasteiger partial charge in [0.1, 0.15) is 5.69 Å². The van der Waals surface area contributed by atoms with Crippen molar-refractivity contribution in [2.24, 2.45) is 0 Å². The largest absolute Gasteiger partial charge is 0.318 e. The van der Waals surface area contributed by atoms with Crippen LogP contribution in [0.4, 0.5) is 5.69 Å². The average molecular weight is 345 g/mol. The molecule has 0 atom stereocenters. The predicted octanol–water partition coefficient (Wildman–Crippen LogP) is 3.55. The van der Waals surface area contributed by atoms with Crippen LogP contribution in [-0.4, -0.2) is 25.5 Å². The van der Waals surface area contributed by atoms with Crippen molar-refractivity contribution in [2.75, 3.05) is 5.32 Å². The van der Waals surface area contributed by atoms with E-state index >= 15 is 0 Å². The molecule has 2 aromatic heterocycles. The van der Waals surface area contributed by atoms with Gasteiger partial charge in [0, 0.05) is 18.9 Å². The Hall–Kier alpha value is -3.41. The third-order valence-corrected chi connectivity index (χ3v) is 4.35. The van der Waals surface area contributed by atoms with E-state index in [1.807, 2.05) is 29.9 Å². The summed E-state index contributed by atoms with van der Waals surface area (Å²) in [4.78, 5) is 12.4. The molecule has 0 spiro atoms. The van der Waals surface area contributed by atoms with Crippen LogP contribution >= 0.6 is 0 Å². The van der Waals surface area contributed by atoms with Crippen molar-refractivity contribution in [3.05, 3.63) is 78.4 Å². The fourth-order valence-electron chi connectivity index (χ4n) is 3.09. The van der Waals surface area contributed by atoms with Gasteiger partial charge in [-0.05, 0) is 29.3 Å². The summed E-state index contributed by atoms with van der Waals surface area (Å²) in [5.74, 6) is -0.186. The first-order chi connectivity index (χ1) is 12.7. The zero-order valence-corrected chi connectivity index (χ0v) is 14.5. The number of hydrogen-bond donors (Lipinski definition) is 1. The molecule has 0 saturated heterocycles. The second-order valence-electron chi connectivity index (χ2n) is 6.05. The molecule has 1 amide bonds. The van der Waals surface area contributed by atoms with Crippen LogP contribution in [0.25, 0.3) is 10.8 Å². The third kappa shape index (κ3) is 3.09. The zero-order chi connectivity index (χ0) is 17.9. The fraction of sp³-hybridized carbons (Fsp3) is 0.150. The molecule has 0 bridgehead atoms. The first kappa shape index (κ1) is 16.1. The van der Waals surface area contributed by atoms with E-state index in [-0.39, 0.29) is 5.91 Å². The molecular formula is C20H19N5O. The Bertz CT molecular complexity index is 1060. The Labute approximate surface area is 151 Å². The lowest BCUT2D eigenvalue weighted by Gasteiger charge is -2.07. The number of nitrogens with one attached hydrogen (secondary N) is 1. The van der Waals surface area contributed by atoms with Crippen LogP contribution < -0.4 is 5.32 Å². The molecule has 0 fully saturated rings. The molecule has 1 N–H and O–H groups in total. The minimum absolute atomic E-state index is 0.186. The summed E-state index contributed by atoms with van der Waals surface area (Å²) in [5, 5.41) is 13.8. The molecule has 2 heterocycles. The standard InChI is InChI=1S/C20H19N5O/c1-2-25-19(10-11-21-25)20(26)23-17-12-22-24(14-17)13-16-8-5-7-15-6-3-4-9-18(15)16/h3-12,14H,2,13H2,1H3,(H,23,26). The van der Waals surface area contributed by atoms with E-state index in [2.05, 4.69) is 45.8 Å². The van der Waals surface area contributed by atoms with E-state index in [4.69, 9.17) is 0 Å². The van der Waals surface area contributed by atoms with Crippen LogP contribution in [0.1, 0.15) is 23.0 Å². The number of hydrogen-bond acceptors (Lipinski definition) is 3. The second kappa shape index (κ2) is 6.84. The number of rotatable bonds is 5. The number of nitrogens with zero attached hydrogens (tertiary/aromatic N) is 4. The zero-order valence-electron chi connectivity index (χ0n) is 14.5. The molecule has 0 unspecified atom stereocenters. The summed E-state index contributed by atoms with van der Waals surface area (Å²) in [6.45, 7) is 3.24. The number of carbonyl (C=O) groups is 1. The molecule has 130 valence electrons. The maximum atomic E-state index is 12.4. The first-order valence-corrected chi connectivity index (χ1v) is 8.57. The summed E-state index contributed by atoms with van der Waals surface area (Å²) >= 11 is 0. The fourth-order valence-corrected chi connectivity index (χ4v) is 3.09. The van der Waals surface area contributed by atoms with Crippen molar-refractivity contribution in [1.82, 2.24) is 19.6 Å². The first-order valence-electron chi connectivity index (χ1n) is 8.57. The maximum Gasteiger partial charge on any atom is 0.274 e. The molecule has 0 aliphatic heterocycles. The average Bonchev–Trinajstić information content (AvgIpc) is 3.31. The number of fused-ring (bicyclic) bond motifs is 1. The predicted molar refractivity (Wildman–Crippen MR) is 101 cm³/mol. The highest BCUT2D eigenvalue weighted by Crippen LogP contribution is 2.20. The van der Waals surface area contributed by atoms with Gasteiger partial charge in [-0.3, -0.25) is 14.2 Å². The molecule has 4 rings (SSSR count). The Kier molecular flexibility index (Phi) is 4.23.